The van der Waals surface area contributed by atoms with Crippen molar-refractivity contribution in [2.75, 3.05) is 4.90 Å². The molecule has 1 heteroatoms. The van der Waals surface area contributed by atoms with E-state index in [1.807, 2.05) is 0 Å². The van der Waals surface area contributed by atoms with Gasteiger partial charge in [0.05, 0.1) is 16.2 Å². The van der Waals surface area contributed by atoms with Crippen LogP contribution in [0.2, 0.25) is 0 Å². The Labute approximate surface area is 440 Å². The molecule has 11 aromatic carbocycles. The lowest BCUT2D eigenvalue weighted by Crippen LogP contribution is -2.29. The number of nitrogens with zero attached hydrogens (tertiary/aromatic N) is 1. The minimum absolute atomic E-state index is 0.474. The maximum absolute atomic E-state index is 2.43. The van der Waals surface area contributed by atoms with E-state index < -0.39 is 16.2 Å². The molecule has 0 saturated carbocycles. The quantitative estimate of drug-likeness (QED) is 0.124. The van der Waals surface area contributed by atoms with E-state index in [2.05, 4.69) is 315 Å². The zero-order chi connectivity index (χ0) is 50.0. The monoisotopic (exact) mass is 955 g/mol. The molecule has 0 spiro atoms. The van der Waals surface area contributed by atoms with Crippen LogP contribution in [0.1, 0.15) is 68.1 Å². The molecule has 3 aliphatic carbocycles. The van der Waals surface area contributed by atoms with E-state index >= 15 is 0 Å². The number of rotatable bonds is 10. The van der Waals surface area contributed by atoms with Crippen LogP contribution >= 0.6 is 0 Å². The molecule has 3 aliphatic rings. The number of anilines is 2. The highest BCUT2D eigenvalue weighted by Crippen LogP contribution is 2.58. The molecule has 0 aromatic heterocycles. The van der Waals surface area contributed by atoms with E-state index in [-0.39, 0.29) is 0 Å². The van der Waals surface area contributed by atoms with Crippen LogP contribution in [-0.2, 0) is 16.2 Å². The van der Waals surface area contributed by atoms with Gasteiger partial charge < -0.3 is 4.90 Å². The van der Waals surface area contributed by atoms with Gasteiger partial charge in [0, 0.05) is 17.1 Å². The maximum atomic E-state index is 2.43. The van der Waals surface area contributed by atoms with Crippen LogP contribution in [0.3, 0.4) is 0 Å². The van der Waals surface area contributed by atoms with E-state index in [1.54, 1.807) is 0 Å². The van der Waals surface area contributed by atoms with Crippen molar-refractivity contribution < 1.29 is 0 Å². The van der Waals surface area contributed by atoms with Crippen molar-refractivity contribution in [2.24, 2.45) is 0 Å². The van der Waals surface area contributed by atoms with Crippen LogP contribution in [0.4, 0.5) is 11.4 Å². The van der Waals surface area contributed by atoms with Crippen LogP contribution in [0, 0.1) is 0 Å². The average molecular weight is 956 g/mol. The Morgan fingerprint density at radius 3 is 0.893 bits per heavy atom. The standard InChI is InChI=1S/C74H53N/c1-52(24-23-51-72(53-25-5-2-6-26-53)66-37-17-11-31-60(66)61-32-12-18-38-67(61)72)75(58-47-43-56(44-48-58)73(54-27-7-3-8-28-54)68-39-19-13-33-62(68)63-34-14-20-40-69(63)73)59-49-45-57(46-50-59)74(55-29-9-4-10-30-55)70-41-21-15-35-64(70)65-36-16-22-42-71(65)74/h2-51H,1H3/b51-23+,52-24+. The van der Waals surface area contributed by atoms with Crippen molar-refractivity contribution in [2.45, 2.75) is 23.2 Å². The van der Waals surface area contributed by atoms with Gasteiger partial charge in [-0.05, 0) is 132 Å². The van der Waals surface area contributed by atoms with Crippen LogP contribution in [0.5, 0.6) is 0 Å². The zero-order valence-electron chi connectivity index (χ0n) is 41.8. The smallest absolute Gasteiger partial charge is 0.0713 e. The van der Waals surface area contributed by atoms with Gasteiger partial charge in [0.1, 0.15) is 0 Å². The molecule has 1 nitrogen and oxygen atoms in total. The fourth-order valence-corrected chi connectivity index (χ4v) is 13.7. The van der Waals surface area contributed by atoms with Crippen LogP contribution in [-0.4, -0.2) is 0 Å². The summed E-state index contributed by atoms with van der Waals surface area (Å²) < 4.78 is 0. The van der Waals surface area contributed by atoms with Gasteiger partial charge in [-0.15, -0.1) is 0 Å². The first-order chi connectivity index (χ1) is 37.1. The summed E-state index contributed by atoms with van der Waals surface area (Å²) in [5, 5.41) is 0. The van der Waals surface area contributed by atoms with E-state index in [1.165, 1.54) is 94.6 Å². The third-order valence-electron chi connectivity index (χ3n) is 16.7. The van der Waals surface area contributed by atoms with Gasteiger partial charge in [0.25, 0.3) is 0 Å². The molecule has 0 amide bonds. The Morgan fingerprint density at radius 2 is 0.547 bits per heavy atom. The summed E-state index contributed by atoms with van der Waals surface area (Å²) in [6, 6.07) is 106. The van der Waals surface area contributed by atoms with Gasteiger partial charge in [-0.3, -0.25) is 0 Å². The second kappa shape index (κ2) is 17.7. The molecule has 0 heterocycles. The molecule has 14 rings (SSSR count). The second-order valence-electron chi connectivity index (χ2n) is 20.3. The number of hydrogen-bond acceptors (Lipinski definition) is 1. The number of fused-ring (bicyclic) bond motifs is 9. The number of benzene rings is 11. The minimum Gasteiger partial charge on any atom is -0.315 e. The molecule has 0 radical (unpaired) electrons. The van der Waals surface area contributed by atoms with E-state index in [0.29, 0.717) is 0 Å². The molecular formula is C74H53N. The molecule has 0 fully saturated rings. The Hall–Kier alpha value is -9.30. The van der Waals surface area contributed by atoms with Gasteiger partial charge in [0.2, 0.25) is 0 Å². The molecule has 0 atom stereocenters. The summed E-state index contributed by atoms with van der Waals surface area (Å²) in [5.74, 6) is 0. The zero-order valence-corrected chi connectivity index (χ0v) is 41.8. The molecule has 11 aromatic rings. The van der Waals surface area contributed by atoms with E-state index in [0.717, 1.165) is 17.1 Å². The van der Waals surface area contributed by atoms with Gasteiger partial charge in [-0.25, -0.2) is 0 Å². The Bertz CT molecular complexity index is 3680. The van der Waals surface area contributed by atoms with Crippen molar-refractivity contribution in [3.63, 3.8) is 0 Å². The van der Waals surface area contributed by atoms with Gasteiger partial charge in [-0.1, -0.05) is 273 Å². The van der Waals surface area contributed by atoms with E-state index in [4.69, 9.17) is 0 Å². The van der Waals surface area contributed by atoms with Crippen molar-refractivity contribution in [3.05, 3.63) is 370 Å². The average Bonchev–Trinajstić information content (AvgIpc) is 4.09. The summed E-state index contributed by atoms with van der Waals surface area (Å²) in [6.45, 7) is 2.25. The molecule has 0 aliphatic heterocycles. The normalized spacial score (nSPS) is 14.8. The molecule has 0 bridgehead atoms. The highest BCUT2D eigenvalue weighted by Gasteiger charge is 2.48. The first-order valence-electron chi connectivity index (χ1n) is 26.3. The summed E-state index contributed by atoms with van der Waals surface area (Å²) in [7, 11) is 0. The summed E-state index contributed by atoms with van der Waals surface area (Å²) >= 11 is 0. The maximum Gasteiger partial charge on any atom is 0.0713 e. The largest absolute Gasteiger partial charge is 0.315 e. The first-order valence-corrected chi connectivity index (χ1v) is 26.3. The number of hydrogen-bond donors (Lipinski definition) is 0. The number of allylic oxidation sites excluding steroid dienone is 4. The van der Waals surface area contributed by atoms with Crippen molar-refractivity contribution in [1.29, 1.82) is 0 Å². The predicted octanol–water partition coefficient (Wildman–Crippen LogP) is 18.0. The first kappa shape index (κ1) is 44.4. The molecule has 354 valence electrons. The van der Waals surface area contributed by atoms with E-state index in [9.17, 15) is 0 Å². The predicted molar refractivity (Wildman–Crippen MR) is 311 cm³/mol. The fraction of sp³-hybridized carbons (Fsp3) is 0.0541. The van der Waals surface area contributed by atoms with Crippen molar-refractivity contribution in [3.8, 4) is 33.4 Å². The topological polar surface area (TPSA) is 3.24 Å². The summed E-state index contributed by atoms with van der Waals surface area (Å²) in [5.41, 5.74) is 23.6. The third-order valence-corrected chi connectivity index (χ3v) is 16.7. The van der Waals surface area contributed by atoms with Crippen molar-refractivity contribution >= 4 is 11.4 Å². The summed E-state index contributed by atoms with van der Waals surface area (Å²) in [6.07, 6.45) is 7.03. The highest BCUT2D eigenvalue weighted by atomic mass is 15.1. The highest BCUT2D eigenvalue weighted by molar-refractivity contribution is 5.89. The Morgan fingerprint density at radius 1 is 0.280 bits per heavy atom. The van der Waals surface area contributed by atoms with Crippen LogP contribution < -0.4 is 4.90 Å². The van der Waals surface area contributed by atoms with Gasteiger partial charge >= 0.3 is 0 Å². The molecule has 0 N–H and O–H groups in total. The molecular weight excluding hydrogens is 903 g/mol. The lowest BCUT2D eigenvalue weighted by molar-refractivity contribution is 0.768. The lowest BCUT2D eigenvalue weighted by Gasteiger charge is -2.35. The molecule has 0 saturated heterocycles. The minimum atomic E-state index is -0.494. The fourth-order valence-electron chi connectivity index (χ4n) is 13.7. The Balaban J connectivity index is 0.943. The SMILES string of the molecule is C/C(=C\C=C\C1(c2ccccc2)c2ccccc2-c2ccccc21)N(c1ccc(C2(c3ccccc3)c3ccccc3-c3ccccc32)cc1)c1ccc(C2(c3ccccc3)c3ccccc3-c3ccccc32)cc1. The molecule has 75 heavy (non-hydrogen) atoms. The van der Waals surface area contributed by atoms with Crippen molar-refractivity contribution in [1.82, 2.24) is 0 Å². The van der Waals surface area contributed by atoms with Crippen LogP contribution in [0.25, 0.3) is 33.4 Å². The van der Waals surface area contributed by atoms with Crippen LogP contribution in [0.15, 0.2) is 309 Å². The Kier molecular flexibility index (Phi) is 10.5. The third kappa shape index (κ3) is 6.51. The van der Waals surface area contributed by atoms with Gasteiger partial charge in [0.15, 0.2) is 0 Å². The lowest BCUT2D eigenvalue weighted by atomic mass is 9.67. The second-order valence-corrected chi connectivity index (χ2v) is 20.3. The summed E-state index contributed by atoms with van der Waals surface area (Å²) in [4.78, 5) is 2.43. The van der Waals surface area contributed by atoms with Gasteiger partial charge in [-0.2, -0.15) is 0 Å². The molecule has 0 unspecified atom stereocenters.